The molecule has 0 aromatic rings. The van der Waals surface area contributed by atoms with Crippen molar-refractivity contribution < 1.29 is 24.6 Å². The van der Waals surface area contributed by atoms with Gasteiger partial charge in [0.1, 0.15) is 6.04 Å². The Bertz CT molecular complexity index is 605. The van der Waals surface area contributed by atoms with E-state index in [-0.39, 0.29) is 31.6 Å². The topological polar surface area (TPSA) is 104 Å². The number of carboxylic acids is 2. The Morgan fingerprint density at radius 3 is 1.87 bits per heavy atom. The van der Waals surface area contributed by atoms with Crippen molar-refractivity contribution in [2.45, 2.75) is 83.6 Å². The predicted octanol–water partition coefficient (Wildman–Crippen LogP) is 5.18. The van der Waals surface area contributed by atoms with Gasteiger partial charge in [-0.05, 0) is 57.8 Å². The first-order chi connectivity index (χ1) is 14.5. The van der Waals surface area contributed by atoms with Crippen LogP contribution < -0.4 is 5.32 Å². The zero-order valence-corrected chi connectivity index (χ0v) is 18.1. The van der Waals surface area contributed by atoms with Gasteiger partial charge in [-0.2, -0.15) is 0 Å². The third kappa shape index (κ3) is 18.7. The molecule has 0 aliphatic rings. The van der Waals surface area contributed by atoms with Gasteiger partial charge in [0, 0.05) is 12.8 Å². The highest BCUT2D eigenvalue weighted by atomic mass is 16.4. The molecule has 0 fully saturated rings. The summed E-state index contributed by atoms with van der Waals surface area (Å²) in [6.07, 6.45) is 24.0. The maximum absolute atomic E-state index is 11.9. The summed E-state index contributed by atoms with van der Waals surface area (Å²) < 4.78 is 0. The van der Waals surface area contributed by atoms with E-state index in [1.807, 2.05) is 0 Å². The van der Waals surface area contributed by atoms with Crippen LogP contribution in [0.1, 0.15) is 77.6 Å². The molecule has 6 nitrogen and oxygen atoms in total. The number of allylic oxidation sites excluding steroid dienone is 8. The monoisotopic (exact) mass is 419 g/mol. The average Bonchev–Trinajstić information content (AvgIpc) is 2.69. The fraction of sp³-hybridized carbons (Fsp3) is 0.542. The molecule has 30 heavy (non-hydrogen) atoms. The minimum Gasteiger partial charge on any atom is -0.481 e. The lowest BCUT2D eigenvalue weighted by atomic mass is 10.1. The number of hydrogen-bond acceptors (Lipinski definition) is 3. The summed E-state index contributed by atoms with van der Waals surface area (Å²) in [5.74, 6) is -2.40. The fourth-order valence-electron chi connectivity index (χ4n) is 2.63. The number of unbranched alkanes of at least 4 members (excludes halogenated alkanes) is 2. The van der Waals surface area contributed by atoms with Crippen LogP contribution in [0.4, 0.5) is 0 Å². The van der Waals surface area contributed by atoms with Crippen LogP contribution in [0.5, 0.6) is 0 Å². The van der Waals surface area contributed by atoms with E-state index in [9.17, 15) is 14.4 Å². The molecule has 0 saturated heterocycles. The molecule has 0 saturated carbocycles. The Labute approximate surface area is 180 Å². The van der Waals surface area contributed by atoms with Crippen molar-refractivity contribution in [2.24, 2.45) is 0 Å². The number of rotatable bonds is 18. The number of hydrogen-bond donors (Lipinski definition) is 3. The van der Waals surface area contributed by atoms with Gasteiger partial charge in [-0.25, -0.2) is 4.79 Å². The molecule has 168 valence electrons. The second-order valence-electron chi connectivity index (χ2n) is 6.99. The number of aliphatic carboxylic acids is 2. The van der Waals surface area contributed by atoms with Gasteiger partial charge in [-0.1, -0.05) is 55.5 Å². The van der Waals surface area contributed by atoms with Crippen LogP contribution >= 0.6 is 0 Å². The molecule has 0 radical (unpaired) electrons. The maximum atomic E-state index is 11.9. The largest absolute Gasteiger partial charge is 0.481 e. The zero-order valence-electron chi connectivity index (χ0n) is 18.1. The molecule has 0 spiro atoms. The third-order valence-electron chi connectivity index (χ3n) is 4.26. The minimum atomic E-state index is -1.13. The molecule has 1 atom stereocenters. The first kappa shape index (κ1) is 27.4. The average molecular weight is 420 g/mol. The summed E-state index contributed by atoms with van der Waals surface area (Å²) in [7, 11) is 0. The van der Waals surface area contributed by atoms with Gasteiger partial charge in [0.15, 0.2) is 0 Å². The van der Waals surface area contributed by atoms with Crippen molar-refractivity contribution in [2.75, 3.05) is 0 Å². The maximum Gasteiger partial charge on any atom is 0.326 e. The van der Waals surface area contributed by atoms with E-state index in [2.05, 4.69) is 60.8 Å². The summed E-state index contributed by atoms with van der Waals surface area (Å²) >= 11 is 0. The highest BCUT2D eigenvalue weighted by molar-refractivity contribution is 5.83. The quantitative estimate of drug-likeness (QED) is 0.210. The third-order valence-corrected chi connectivity index (χ3v) is 4.26. The molecule has 0 aromatic carbocycles. The van der Waals surface area contributed by atoms with Crippen LogP contribution in [-0.2, 0) is 14.4 Å². The van der Waals surface area contributed by atoms with E-state index < -0.39 is 18.0 Å². The van der Waals surface area contributed by atoms with Crippen LogP contribution in [0.25, 0.3) is 0 Å². The normalized spacial score (nSPS) is 13.0. The first-order valence-corrected chi connectivity index (χ1v) is 10.8. The summed E-state index contributed by atoms with van der Waals surface area (Å²) in [4.78, 5) is 33.5. The van der Waals surface area contributed by atoms with E-state index in [4.69, 9.17) is 10.2 Å². The van der Waals surface area contributed by atoms with E-state index in [0.29, 0.717) is 6.42 Å². The molecule has 6 heteroatoms. The van der Waals surface area contributed by atoms with Crippen molar-refractivity contribution in [3.8, 4) is 0 Å². The van der Waals surface area contributed by atoms with Gasteiger partial charge in [-0.3, -0.25) is 9.59 Å². The smallest absolute Gasteiger partial charge is 0.326 e. The Morgan fingerprint density at radius 1 is 0.767 bits per heavy atom. The van der Waals surface area contributed by atoms with Gasteiger partial charge in [-0.15, -0.1) is 0 Å². The van der Waals surface area contributed by atoms with Crippen LogP contribution in [-0.4, -0.2) is 34.1 Å². The van der Waals surface area contributed by atoms with Crippen molar-refractivity contribution in [3.63, 3.8) is 0 Å². The Balaban J connectivity index is 3.79. The molecule has 0 bridgehead atoms. The summed E-state index contributed by atoms with van der Waals surface area (Å²) in [6.45, 7) is 2.12. The fourth-order valence-corrected chi connectivity index (χ4v) is 2.63. The highest BCUT2D eigenvalue weighted by Gasteiger charge is 2.19. The molecule has 0 unspecified atom stereocenters. The number of amides is 1. The zero-order chi connectivity index (χ0) is 22.5. The SMILES string of the molecule is CC/C=C\C/C=C\C/C=C\C/C=C\CCCCC(=O)N[C@H](CCCC(=O)O)C(=O)O. The van der Waals surface area contributed by atoms with Gasteiger partial charge >= 0.3 is 11.9 Å². The minimum absolute atomic E-state index is 0.103. The summed E-state index contributed by atoms with van der Waals surface area (Å²) in [5, 5.41) is 20.2. The van der Waals surface area contributed by atoms with Crippen LogP contribution in [0, 0.1) is 0 Å². The van der Waals surface area contributed by atoms with Crippen molar-refractivity contribution in [3.05, 3.63) is 48.6 Å². The Kier molecular flexibility index (Phi) is 18.0. The van der Waals surface area contributed by atoms with E-state index >= 15 is 0 Å². The molecule has 0 aliphatic carbocycles. The van der Waals surface area contributed by atoms with Gasteiger partial charge in [0.25, 0.3) is 0 Å². The molecule has 0 aromatic heterocycles. The summed E-state index contributed by atoms with van der Waals surface area (Å²) in [5.41, 5.74) is 0. The molecule has 0 aliphatic heterocycles. The number of nitrogens with one attached hydrogen (secondary N) is 1. The molecular weight excluding hydrogens is 382 g/mol. The van der Waals surface area contributed by atoms with E-state index in [1.54, 1.807) is 0 Å². The predicted molar refractivity (Wildman–Crippen MR) is 120 cm³/mol. The number of carbonyl (C=O) groups excluding carboxylic acids is 1. The van der Waals surface area contributed by atoms with Crippen molar-refractivity contribution >= 4 is 17.8 Å². The van der Waals surface area contributed by atoms with Crippen molar-refractivity contribution in [1.29, 1.82) is 0 Å². The van der Waals surface area contributed by atoms with Crippen LogP contribution in [0.3, 0.4) is 0 Å². The van der Waals surface area contributed by atoms with Crippen LogP contribution in [0.15, 0.2) is 48.6 Å². The second kappa shape index (κ2) is 19.7. The molecule has 3 N–H and O–H groups in total. The lowest BCUT2D eigenvalue weighted by molar-refractivity contribution is -0.142. The Hall–Kier alpha value is -2.63. The molecular formula is C24H37NO5. The standard InChI is InChI=1S/C24H37NO5/c1-2-3-4-5-6-7-8-9-10-11-12-13-14-15-16-19-22(26)25-21(24(29)30)18-17-20-23(27)28/h3-4,6-7,9-10,12-13,21H,2,5,8,11,14-20H2,1H3,(H,25,26)(H,27,28)(H,29,30)/b4-3-,7-6-,10-9-,13-12-/t21-/m1/s1. The van der Waals surface area contributed by atoms with E-state index in [1.165, 1.54) is 0 Å². The summed E-state index contributed by atoms with van der Waals surface area (Å²) in [6, 6.07) is -1.02. The van der Waals surface area contributed by atoms with E-state index in [0.717, 1.165) is 38.5 Å². The second-order valence-corrected chi connectivity index (χ2v) is 6.99. The van der Waals surface area contributed by atoms with Crippen LogP contribution in [0.2, 0.25) is 0 Å². The molecule has 1 amide bonds. The number of carbonyl (C=O) groups is 3. The van der Waals surface area contributed by atoms with Crippen molar-refractivity contribution in [1.82, 2.24) is 5.32 Å². The van der Waals surface area contributed by atoms with Gasteiger partial charge in [0.05, 0.1) is 0 Å². The van der Waals surface area contributed by atoms with Gasteiger partial charge in [0.2, 0.25) is 5.91 Å². The first-order valence-electron chi connectivity index (χ1n) is 10.8. The molecule has 0 rings (SSSR count). The lowest BCUT2D eigenvalue weighted by Crippen LogP contribution is -2.40. The Morgan fingerprint density at radius 2 is 1.33 bits per heavy atom. The number of carboxylic acid groups (broad SMARTS) is 2. The lowest BCUT2D eigenvalue weighted by Gasteiger charge is -2.13. The molecule has 0 heterocycles. The highest BCUT2D eigenvalue weighted by Crippen LogP contribution is 2.05. The van der Waals surface area contributed by atoms with Gasteiger partial charge < -0.3 is 15.5 Å².